The number of halogens is 2. The number of aryl methyl sites for hydroxylation is 1. The number of hydrogen-bond donors (Lipinski definition) is 2. The SMILES string of the molecule is CC.Cc1cn2cc(Nc3nccc4cc(C5CCNCC5)cc(F)c34)cc(F)c2n1. The fourth-order valence-corrected chi connectivity index (χ4v) is 4.16. The van der Waals surface area contributed by atoms with Gasteiger partial charge in [-0.15, -0.1) is 0 Å². The van der Waals surface area contributed by atoms with Crippen molar-refractivity contribution in [3.05, 3.63) is 65.7 Å². The quantitative estimate of drug-likeness (QED) is 0.443. The molecule has 0 amide bonds. The van der Waals surface area contributed by atoms with Gasteiger partial charge >= 0.3 is 0 Å². The Bertz CT molecular complexity index is 1210. The molecule has 0 saturated carbocycles. The van der Waals surface area contributed by atoms with E-state index in [1.54, 1.807) is 36.0 Å². The largest absolute Gasteiger partial charge is 0.338 e. The van der Waals surface area contributed by atoms with E-state index in [1.807, 2.05) is 26.0 Å². The highest BCUT2D eigenvalue weighted by atomic mass is 19.1. The molecule has 0 unspecified atom stereocenters. The Labute approximate surface area is 180 Å². The molecule has 2 N–H and O–H groups in total. The number of fused-ring (bicyclic) bond motifs is 2. The molecule has 162 valence electrons. The number of benzene rings is 1. The van der Waals surface area contributed by atoms with Crippen LogP contribution in [0.5, 0.6) is 0 Å². The van der Waals surface area contributed by atoms with Gasteiger partial charge in [0.05, 0.1) is 16.8 Å². The Kier molecular flexibility index (Phi) is 6.13. The Morgan fingerprint density at radius 2 is 1.84 bits per heavy atom. The number of nitrogens with zero attached hydrogens (tertiary/aromatic N) is 3. The lowest BCUT2D eigenvalue weighted by Crippen LogP contribution is -2.26. The number of anilines is 2. The topological polar surface area (TPSA) is 54.2 Å². The van der Waals surface area contributed by atoms with Gasteiger partial charge in [0.15, 0.2) is 11.5 Å². The number of rotatable bonds is 3. The van der Waals surface area contributed by atoms with Gasteiger partial charge in [-0.2, -0.15) is 0 Å². The molecule has 4 aromatic rings. The van der Waals surface area contributed by atoms with Crippen molar-refractivity contribution >= 4 is 27.9 Å². The molecule has 1 aliphatic rings. The summed E-state index contributed by atoms with van der Waals surface area (Å²) in [4.78, 5) is 8.47. The van der Waals surface area contributed by atoms with Crippen LogP contribution in [0.2, 0.25) is 0 Å². The summed E-state index contributed by atoms with van der Waals surface area (Å²) in [7, 11) is 0. The molecule has 31 heavy (non-hydrogen) atoms. The molecular weight excluding hydrogens is 396 g/mol. The van der Waals surface area contributed by atoms with Crippen molar-refractivity contribution in [3.63, 3.8) is 0 Å². The maximum Gasteiger partial charge on any atom is 0.173 e. The van der Waals surface area contributed by atoms with Crippen LogP contribution in [0.4, 0.5) is 20.3 Å². The van der Waals surface area contributed by atoms with E-state index < -0.39 is 5.82 Å². The van der Waals surface area contributed by atoms with Gasteiger partial charge in [0.1, 0.15) is 11.6 Å². The molecule has 0 atom stereocenters. The first kappa shape index (κ1) is 21.2. The third-order valence-electron chi connectivity index (χ3n) is 5.54. The second kappa shape index (κ2) is 8.98. The van der Waals surface area contributed by atoms with Crippen LogP contribution < -0.4 is 10.6 Å². The predicted molar refractivity (Wildman–Crippen MR) is 121 cm³/mol. The van der Waals surface area contributed by atoms with Gasteiger partial charge in [0.25, 0.3) is 0 Å². The fourth-order valence-electron chi connectivity index (χ4n) is 4.16. The number of hydrogen-bond acceptors (Lipinski definition) is 4. The van der Waals surface area contributed by atoms with Crippen LogP contribution in [0.25, 0.3) is 16.4 Å². The monoisotopic (exact) mass is 423 g/mol. The summed E-state index contributed by atoms with van der Waals surface area (Å²) >= 11 is 0. The molecule has 1 aromatic carbocycles. The minimum Gasteiger partial charge on any atom is -0.338 e. The summed E-state index contributed by atoms with van der Waals surface area (Å²) in [5.74, 6) is -0.0307. The van der Waals surface area contributed by atoms with Crippen LogP contribution in [0.1, 0.15) is 43.9 Å². The van der Waals surface area contributed by atoms with Crippen LogP contribution in [0, 0.1) is 18.6 Å². The van der Waals surface area contributed by atoms with Gasteiger partial charge in [0.2, 0.25) is 0 Å². The van der Waals surface area contributed by atoms with Crippen molar-refractivity contribution in [2.45, 2.75) is 39.5 Å². The van der Waals surface area contributed by atoms with E-state index in [-0.39, 0.29) is 11.5 Å². The summed E-state index contributed by atoms with van der Waals surface area (Å²) in [5.41, 5.74) is 2.49. The van der Waals surface area contributed by atoms with E-state index in [2.05, 4.69) is 20.6 Å². The zero-order valence-corrected chi connectivity index (χ0v) is 18.0. The van der Waals surface area contributed by atoms with Crippen molar-refractivity contribution in [2.24, 2.45) is 0 Å². The lowest BCUT2D eigenvalue weighted by Gasteiger charge is -2.23. The maximum absolute atomic E-state index is 15.1. The Hall–Kier alpha value is -3.06. The van der Waals surface area contributed by atoms with Crippen molar-refractivity contribution in [1.82, 2.24) is 19.7 Å². The van der Waals surface area contributed by atoms with Crippen molar-refractivity contribution in [2.75, 3.05) is 18.4 Å². The number of aromatic nitrogens is 3. The van der Waals surface area contributed by atoms with Crippen LogP contribution in [-0.4, -0.2) is 27.5 Å². The Morgan fingerprint density at radius 3 is 2.61 bits per heavy atom. The van der Waals surface area contributed by atoms with Gasteiger partial charge in [-0.25, -0.2) is 18.7 Å². The number of nitrogens with one attached hydrogen (secondary N) is 2. The smallest absolute Gasteiger partial charge is 0.173 e. The fraction of sp³-hybridized carbons (Fsp3) is 0.333. The van der Waals surface area contributed by atoms with Crippen LogP contribution in [0.3, 0.4) is 0 Å². The average Bonchev–Trinajstić information content (AvgIpc) is 3.16. The molecular formula is C24H27F2N5. The average molecular weight is 424 g/mol. The number of imidazole rings is 1. The number of pyridine rings is 2. The van der Waals surface area contributed by atoms with Crippen LogP contribution in [0.15, 0.2) is 42.9 Å². The zero-order valence-electron chi connectivity index (χ0n) is 18.0. The van der Waals surface area contributed by atoms with Crippen molar-refractivity contribution in [3.8, 4) is 0 Å². The highest BCUT2D eigenvalue weighted by Gasteiger charge is 2.18. The van der Waals surface area contributed by atoms with E-state index in [9.17, 15) is 4.39 Å². The molecule has 5 rings (SSSR count). The van der Waals surface area contributed by atoms with Crippen molar-refractivity contribution in [1.29, 1.82) is 0 Å². The first-order valence-electron chi connectivity index (χ1n) is 10.8. The Morgan fingerprint density at radius 1 is 1.06 bits per heavy atom. The van der Waals surface area contributed by atoms with Gasteiger partial charge < -0.3 is 15.0 Å². The summed E-state index contributed by atoms with van der Waals surface area (Å²) in [6.07, 6.45) is 7.12. The third kappa shape index (κ3) is 4.23. The summed E-state index contributed by atoms with van der Waals surface area (Å²) in [6.45, 7) is 7.71. The van der Waals surface area contributed by atoms with E-state index in [0.717, 1.165) is 42.6 Å². The molecule has 1 saturated heterocycles. The molecule has 0 radical (unpaired) electrons. The van der Waals surface area contributed by atoms with Crippen LogP contribution in [-0.2, 0) is 0 Å². The highest BCUT2D eigenvalue weighted by Crippen LogP contribution is 2.33. The van der Waals surface area contributed by atoms with Crippen LogP contribution >= 0.6 is 0 Å². The first-order chi connectivity index (χ1) is 15.1. The second-order valence-corrected chi connectivity index (χ2v) is 7.60. The van der Waals surface area contributed by atoms with Gasteiger partial charge in [0, 0.05) is 24.7 Å². The van der Waals surface area contributed by atoms with Crippen molar-refractivity contribution < 1.29 is 8.78 Å². The molecule has 0 spiro atoms. The summed E-state index contributed by atoms with van der Waals surface area (Å²) < 4.78 is 31.1. The van der Waals surface area contributed by atoms with E-state index in [4.69, 9.17) is 0 Å². The minimum absolute atomic E-state index is 0.261. The molecule has 1 fully saturated rings. The van der Waals surface area contributed by atoms with Gasteiger partial charge in [-0.1, -0.05) is 19.9 Å². The standard InChI is InChI=1S/C22H21F2N5.C2H6/c1-13-11-29-12-17(10-19(24)22(29)27-13)28-21-20-15(4-7-26-21)8-16(9-18(20)23)14-2-5-25-6-3-14;1-2/h4,7-12,14,25H,2-3,5-6H2,1H3,(H,26,28);1-2H3. The number of piperidine rings is 1. The van der Waals surface area contributed by atoms with E-state index in [0.29, 0.717) is 22.8 Å². The summed E-state index contributed by atoms with van der Waals surface area (Å²) in [6, 6.07) is 6.83. The third-order valence-corrected chi connectivity index (χ3v) is 5.54. The first-order valence-corrected chi connectivity index (χ1v) is 10.8. The van der Waals surface area contributed by atoms with Gasteiger partial charge in [-0.3, -0.25) is 0 Å². The lowest BCUT2D eigenvalue weighted by molar-refractivity contribution is 0.459. The van der Waals surface area contributed by atoms with E-state index >= 15 is 4.39 Å². The predicted octanol–water partition coefficient (Wildman–Crippen LogP) is 5.71. The molecule has 4 heterocycles. The molecule has 3 aromatic heterocycles. The lowest BCUT2D eigenvalue weighted by atomic mass is 9.89. The highest BCUT2D eigenvalue weighted by molar-refractivity contribution is 5.94. The molecule has 7 heteroatoms. The second-order valence-electron chi connectivity index (χ2n) is 7.60. The van der Waals surface area contributed by atoms with E-state index in [1.165, 1.54) is 6.07 Å². The normalized spacial score (nSPS) is 14.5. The Balaban J connectivity index is 0.00000112. The molecule has 1 aliphatic heterocycles. The summed E-state index contributed by atoms with van der Waals surface area (Å²) in [5, 5.41) is 7.62. The molecule has 0 aliphatic carbocycles. The van der Waals surface area contributed by atoms with Gasteiger partial charge in [-0.05, 0) is 61.9 Å². The minimum atomic E-state index is -0.447. The molecule has 0 bridgehead atoms. The maximum atomic E-state index is 15.1. The zero-order chi connectivity index (χ0) is 22.0. The molecule has 5 nitrogen and oxygen atoms in total.